The number of ether oxygens (including phenoxy) is 1. The molecule has 0 radical (unpaired) electrons. The molecule has 1 saturated heterocycles. The fraction of sp³-hybridized carbons (Fsp3) is 0.278. The third-order valence-electron chi connectivity index (χ3n) is 4.30. The zero-order chi connectivity index (χ0) is 15.8. The highest BCUT2D eigenvalue weighted by Crippen LogP contribution is 2.39. The zero-order valence-electron chi connectivity index (χ0n) is 13.0. The van der Waals surface area contributed by atoms with Gasteiger partial charge in [-0.15, -0.1) is 0 Å². The van der Waals surface area contributed by atoms with Gasteiger partial charge in [-0.25, -0.2) is 4.99 Å². The number of aliphatic imine (C=N–C) groups is 1. The van der Waals surface area contributed by atoms with E-state index < -0.39 is 0 Å². The molecule has 2 aromatic carbocycles. The zero-order valence-corrected chi connectivity index (χ0v) is 14.6. The lowest BCUT2D eigenvalue weighted by Crippen LogP contribution is -2.47. The predicted molar refractivity (Wildman–Crippen MR) is 95.9 cm³/mol. The summed E-state index contributed by atoms with van der Waals surface area (Å²) < 4.78 is 7.13. The standard InChI is InChI=1S/C18H18BrN3O/c1-21-8-10-22(11-9-21)18-14-4-2-3-5-16(14)23-17-7-6-13(19)12-15(17)20-18/h2-7,12H,8-11H2,1H3. The molecule has 0 aromatic heterocycles. The van der Waals surface area contributed by atoms with Crippen molar-refractivity contribution in [2.24, 2.45) is 4.99 Å². The van der Waals surface area contributed by atoms with Crippen molar-refractivity contribution in [3.8, 4) is 11.5 Å². The van der Waals surface area contributed by atoms with Crippen molar-refractivity contribution in [2.75, 3.05) is 33.2 Å². The maximum Gasteiger partial charge on any atom is 0.153 e. The molecule has 2 aliphatic rings. The first kappa shape index (κ1) is 14.7. The fourth-order valence-electron chi connectivity index (χ4n) is 2.96. The molecule has 2 heterocycles. The first-order chi connectivity index (χ1) is 11.2. The van der Waals surface area contributed by atoms with Crippen LogP contribution in [0.25, 0.3) is 0 Å². The molecule has 0 N–H and O–H groups in total. The van der Waals surface area contributed by atoms with Crippen molar-refractivity contribution in [3.63, 3.8) is 0 Å². The lowest BCUT2D eigenvalue weighted by molar-refractivity contribution is 0.215. The van der Waals surface area contributed by atoms with Gasteiger partial charge in [0, 0.05) is 30.7 Å². The smallest absolute Gasteiger partial charge is 0.153 e. The summed E-state index contributed by atoms with van der Waals surface area (Å²) in [5.41, 5.74) is 1.92. The molecule has 0 bridgehead atoms. The van der Waals surface area contributed by atoms with E-state index >= 15 is 0 Å². The van der Waals surface area contributed by atoms with Crippen LogP contribution in [0.2, 0.25) is 0 Å². The molecule has 4 rings (SSSR count). The number of amidine groups is 1. The molecule has 2 aliphatic heterocycles. The minimum absolute atomic E-state index is 0.796. The Hall–Kier alpha value is -1.85. The van der Waals surface area contributed by atoms with Gasteiger partial charge in [-0.3, -0.25) is 0 Å². The molecular weight excluding hydrogens is 354 g/mol. The van der Waals surface area contributed by atoms with Crippen LogP contribution in [0.4, 0.5) is 5.69 Å². The fourth-order valence-corrected chi connectivity index (χ4v) is 3.31. The van der Waals surface area contributed by atoms with Gasteiger partial charge in [-0.05, 0) is 37.4 Å². The third kappa shape index (κ3) is 2.86. The van der Waals surface area contributed by atoms with Crippen molar-refractivity contribution in [2.45, 2.75) is 0 Å². The predicted octanol–water partition coefficient (Wildman–Crippen LogP) is 3.88. The summed E-state index contributed by atoms with van der Waals surface area (Å²) in [6.45, 7) is 4.06. The Balaban J connectivity index is 1.83. The highest BCUT2D eigenvalue weighted by Gasteiger charge is 2.24. The van der Waals surface area contributed by atoms with Crippen LogP contribution in [-0.4, -0.2) is 48.9 Å². The Morgan fingerprint density at radius 1 is 1.00 bits per heavy atom. The Morgan fingerprint density at radius 3 is 2.61 bits per heavy atom. The van der Waals surface area contributed by atoms with Crippen LogP contribution in [-0.2, 0) is 0 Å². The van der Waals surface area contributed by atoms with Crippen LogP contribution in [0.3, 0.4) is 0 Å². The highest BCUT2D eigenvalue weighted by atomic mass is 79.9. The van der Waals surface area contributed by atoms with E-state index in [-0.39, 0.29) is 0 Å². The molecular formula is C18H18BrN3O. The summed E-state index contributed by atoms with van der Waals surface area (Å²) in [6, 6.07) is 14.1. The molecule has 118 valence electrons. The van der Waals surface area contributed by atoms with E-state index in [1.54, 1.807) is 0 Å². The Bertz CT molecular complexity index is 767. The Morgan fingerprint density at radius 2 is 1.78 bits per heavy atom. The van der Waals surface area contributed by atoms with E-state index in [9.17, 15) is 0 Å². The van der Waals surface area contributed by atoms with Crippen LogP contribution >= 0.6 is 15.9 Å². The van der Waals surface area contributed by atoms with Crippen LogP contribution in [0.1, 0.15) is 5.56 Å². The van der Waals surface area contributed by atoms with Gasteiger partial charge in [-0.2, -0.15) is 0 Å². The second-order valence-electron chi connectivity index (χ2n) is 5.94. The minimum Gasteiger partial charge on any atom is -0.454 e. The van der Waals surface area contributed by atoms with E-state index in [2.05, 4.69) is 38.8 Å². The van der Waals surface area contributed by atoms with Crippen LogP contribution in [0.15, 0.2) is 51.9 Å². The Labute approximate surface area is 144 Å². The van der Waals surface area contributed by atoms with E-state index in [0.29, 0.717) is 0 Å². The van der Waals surface area contributed by atoms with Gasteiger partial charge in [0.25, 0.3) is 0 Å². The molecule has 0 unspecified atom stereocenters. The quantitative estimate of drug-likeness (QED) is 0.703. The number of fused-ring (bicyclic) bond motifs is 2. The lowest BCUT2D eigenvalue weighted by Gasteiger charge is -2.34. The number of likely N-dealkylation sites (N-methyl/N-ethyl adjacent to an activating group) is 1. The molecule has 0 atom stereocenters. The number of hydrogen-bond donors (Lipinski definition) is 0. The van der Waals surface area contributed by atoms with E-state index in [1.165, 1.54) is 0 Å². The molecule has 0 aliphatic carbocycles. The number of hydrogen-bond acceptors (Lipinski definition) is 4. The third-order valence-corrected chi connectivity index (χ3v) is 4.79. The van der Waals surface area contributed by atoms with E-state index in [1.807, 2.05) is 36.4 Å². The van der Waals surface area contributed by atoms with Crippen molar-refractivity contribution >= 4 is 27.5 Å². The van der Waals surface area contributed by atoms with E-state index in [0.717, 1.165) is 59.2 Å². The number of piperazine rings is 1. The highest BCUT2D eigenvalue weighted by molar-refractivity contribution is 9.10. The van der Waals surface area contributed by atoms with Gasteiger partial charge in [0.05, 0.1) is 5.56 Å². The maximum absolute atomic E-state index is 6.13. The summed E-state index contributed by atoms with van der Waals surface area (Å²) >= 11 is 3.53. The van der Waals surface area contributed by atoms with Crippen molar-refractivity contribution in [3.05, 3.63) is 52.5 Å². The van der Waals surface area contributed by atoms with Gasteiger partial charge in [0.15, 0.2) is 5.75 Å². The van der Waals surface area contributed by atoms with Crippen molar-refractivity contribution in [1.82, 2.24) is 9.80 Å². The van der Waals surface area contributed by atoms with Gasteiger partial charge in [-0.1, -0.05) is 28.1 Å². The maximum atomic E-state index is 6.13. The SMILES string of the molecule is CN1CCN(C2=Nc3cc(Br)ccc3Oc3ccccc32)CC1. The summed E-state index contributed by atoms with van der Waals surface area (Å²) in [5, 5.41) is 0. The first-order valence-corrected chi connectivity index (χ1v) is 8.59. The number of rotatable bonds is 0. The average molecular weight is 372 g/mol. The largest absolute Gasteiger partial charge is 0.454 e. The van der Waals surface area contributed by atoms with Gasteiger partial charge in [0.1, 0.15) is 17.3 Å². The van der Waals surface area contributed by atoms with Crippen LogP contribution < -0.4 is 4.74 Å². The van der Waals surface area contributed by atoms with Crippen molar-refractivity contribution < 1.29 is 4.74 Å². The summed E-state index contributed by atoms with van der Waals surface area (Å²) in [7, 11) is 2.16. The molecule has 0 amide bonds. The summed E-state index contributed by atoms with van der Waals surface area (Å²) in [6.07, 6.45) is 0. The second-order valence-corrected chi connectivity index (χ2v) is 6.85. The number of nitrogens with zero attached hydrogens (tertiary/aromatic N) is 3. The van der Waals surface area contributed by atoms with Crippen molar-refractivity contribution in [1.29, 1.82) is 0 Å². The summed E-state index contributed by atoms with van der Waals surface area (Å²) in [4.78, 5) is 9.67. The lowest BCUT2D eigenvalue weighted by atomic mass is 10.1. The minimum atomic E-state index is 0.796. The second kappa shape index (κ2) is 5.98. The topological polar surface area (TPSA) is 28.1 Å². The molecule has 1 fully saturated rings. The molecule has 5 heteroatoms. The average Bonchev–Trinajstić information content (AvgIpc) is 2.72. The monoisotopic (exact) mass is 371 g/mol. The van der Waals surface area contributed by atoms with Gasteiger partial charge < -0.3 is 14.5 Å². The normalized spacial score (nSPS) is 17.7. The number of halogens is 1. The Kier molecular flexibility index (Phi) is 3.83. The van der Waals surface area contributed by atoms with E-state index in [4.69, 9.17) is 9.73 Å². The summed E-state index contributed by atoms with van der Waals surface area (Å²) in [5.74, 6) is 2.67. The molecule has 0 saturated carbocycles. The van der Waals surface area contributed by atoms with Gasteiger partial charge >= 0.3 is 0 Å². The van der Waals surface area contributed by atoms with Gasteiger partial charge in [0.2, 0.25) is 0 Å². The molecule has 23 heavy (non-hydrogen) atoms. The molecule has 4 nitrogen and oxygen atoms in total. The van der Waals surface area contributed by atoms with Crippen LogP contribution in [0, 0.1) is 0 Å². The first-order valence-electron chi connectivity index (χ1n) is 7.80. The molecule has 2 aromatic rings. The molecule has 0 spiro atoms. The number of benzene rings is 2. The van der Waals surface area contributed by atoms with Crippen LogP contribution in [0.5, 0.6) is 11.5 Å². The number of para-hydroxylation sites is 1.